The molecule has 3 nitrogen and oxygen atoms in total. The first-order chi connectivity index (χ1) is 9.95. The van der Waals surface area contributed by atoms with Crippen molar-refractivity contribution in [1.82, 2.24) is 0 Å². The highest BCUT2D eigenvalue weighted by Crippen LogP contribution is 2.27. The van der Waals surface area contributed by atoms with E-state index in [1.54, 1.807) is 6.07 Å². The van der Waals surface area contributed by atoms with Crippen LogP contribution in [0.5, 0.6) is 5.75 Å². The van der Waals surface area contributed by atoms with Crippen molar-refractivity contribution >= 4 is 39.3 Å². The molecule has 0 amide bonds. The van der Waals surface area contributed by atoms with E-state index in [-0.39, 0.29) is 12.2 Å². The van der Waals surface area contributed by atoms with Gasteiger partial charge in [-0.3, -0.25) is 0 Å². The second-order valence-electron chi connectivity index (χ2n) is 3.98. The second kappa shape index (κ2) is 6.82. The minimum Gasteiger partial charge on any atom is -0.482 e. The molecule has 1 aromatic carbocycles. The zero-order valence-corrected chi connectivity index (χ0v) is 12.9. The van der Waals surface area contributed by atoms with E-state index in [0.717, 1.165) is 32.9 Å². The predicted octanol–water partition coefficient (Wildman–Crippen LogP) is 4.47. The van der Waals surface area contributed by atoms with Gasteiger partial charge in [-0.05, 0) is 51.8 Å². The van der Waals surface area contributed by atoms with Crippen molar-refractivity contribution in [3.05, 3.63) is 56.2 Å². The fourth-order valence-electron chi connectivity index (χ4n) is 1.55. The Kier molecular flexibility index (Phi) is 5.08. The highest BCUT2D eigenvalue weighted by Gasteiger charge is 2.12. The predicted molar refractivity (Wildman–Crippen MR) is 79.4 cm³/mol. The number of carboxylic acid groups (broad SMARTS) is 1. The molecule has 1 aromatic heterocycles. The Hall–Kier alpha value is -1.73. The van der Waals surface area contributed by atoms with Gasteiger partial charge in [-0.1, -0.05) is 0 Å². The van der Waals surface area contributed by atoms with Crippen LogP contribution in [0.1, 0.15) is 10.4 Å². The van der Waals surface area contributed by atoms with Crippen molar-refractivity contribution in [3.8, 4) is 5.75 Å². The van der Waals surface area contributed by atoms with Crippen molar-refractivity contribution in [2.45, 2.75) is 6.61 Å². The summed E-state index contributed by atoms with van der Waals surface area (Å²) >= 11 is 4.69. The standard InChI is InChI=1S/C14H9BrF2O3S/c15-12-3-2-9(21-12)7-20-14-10(16)5-8(6-11(14)17)1-4-13(18)19/h1-6H,7H2,(H,18,19). The molecule has 2 aromatic rings. The molecular weight excluding hydrogens is 366 g/mol. The Morgan fingerprint density at radius 1 is 1.33 bits per heavy atom. The maximum atomic E-state index is 13.8. The summed E-state index contributed by atoms with van der Waals surface area (Å²) in [6.45, 7) is 0.0500. The first-order valence-electron chi connectivity index (χ1n) is 5.73. The van der Waals surface area contributed by atoms with Crippen LogP contribution < -0.4 is 4.74 Å². The Labute approximate surface area is 131 Å². The van der Waals surface area contributed by atoms with Gasteiger partial charge in [0.15, 0.2) is 17.4 Å². The van der Waals surface area contributed by atoms with Gasteiger partial charge in [-0.2, -0.15) is 0 Å². The van der Waals surface area contributed by atoms with Crippen molar-refractivity contribution in [2.24, 2.45) is 0 Å². The summed E-state index contributed by atoms with van der Waals surface area (Å²) in [6, 6.07) is 5.63. The number of aliphatic carboxylic acids is 1. The fraction of sp³-hybridized carbons (Fsp3) is 0.0714. The summed E-state index contributed by atoms with van der Waals surface area (Å²) < 4.78 is 33.6. The van der Waals surface area contributed by atoms with Crippen molar-refractivity contribution in [3.63, 3.8) is 0 Å². The van der Waals surface area contributed by atoms with Gasteiger partial charge in [-0.15, -0.1) is 11.3 Å². The van der Waals surface area contributed by atoms with E-state index in [9.17, 15) is 13.6 Å². The number of rotatable bonds is 5. The summed E-state index contributed by atoms with van der Waals surface area (Å²) in [5.41, 5.74) is 0.110. The lowest BCUT2D eigenvalue weighted by molar-refractivity contribution is -0.131. The average Bonchev–Trinajstić information content (AvgIpc) is 2.81. The Bertz CT molecular complexity index is 674. The van der Waals surface area contributed by atoms with Crippen LogP contribution in [0, 0.1) is 11.6 Å². The van der Waals surface area contributed by atoms with E-state index < -0.39 is 23.4 Å². The molecule has 0 saturated carbocycles. The third-order valence-electron chi connectivity index (χ3n) is 2.43. The molecule has 7 heteroatoms. The van der Waals surface area contributed by atoms with Crippen LogP contribution in [0.3, 0.4) is 0 Å². The molecule has 21 heavy (non-hydrogen) atoms. The van der Waals surface area contributed by atoms with Crippen LogP contribution >= 0.6 is 27.3 Å². The highest BCUT2D eigenvalue weighted by molar-refractivity contribution is 9.11. The number of hydrogen-bond donors (Lipinski definition) is 1. The van der Waals surface area contributed by atoms with Gasteiger partial charge in [0.1, 0.15) is 6.61 Å². The Morgan fingerprint density at radius 3 is 2.52 bits per heavy atom. The normalized spacial score (nSPS) is 11.0. The zero-order chi connectivity index (χ0) is 15.4. The molecular formula is C14H9BrF2O3S. The number of carboxylic acids is 1. The average molecular weight is 375 g/mol. The lowest BCUT2D eigenvalue weighted by Crippen LogP contribution is -1.99. The molecule has 2 rings (SSSR count). The Morgan fingerprint density at radius 2 is 2.00 bits per heavy atom. The third-order valence-corrected chi connectivity index (χ3v) is 4.02. The van der Waals surface area contributed by atoms with Gasteiger partial charge in [0.25, 0.3) is 0 Å². The lowest BCUT2D eigenvalue weighted by Gasteiger charge is -2.08. The number of thiophene rings is 1. The first kappa shape index (κ1) is 15.7. The quantitative estimate of drug-likeness (QED) is 0.785. The van der Waals surface area contributed by atoms with Crippen LogP contribution in [-0.4, -0.2) is 11.1 Å². The largest absolute Gasteiger partial charge is 0.482 e. The third kappa shape index (κ3) is 4.37. The van der Waals surface area contributed by atoms with Crippen LogP contribution in [0.4, 0.5) is 8.78 Å². The van der Waals surface area contributed by atoms with Crippen LogP contribution in [0.15, 0.2) is 34.1 Å². The van der Waals surface area contributed by atoms with E-state index >= 15 is 0 Å². The molecule has 110 valence electrons. The van der Waals surface area contributed by atoms with E-state index in [1.165, 1.54) is 11.3 Å². The smallest absolute Gasteiger partial charge is 0.328 e. The summed E-state index contributed by atoms with van der Waals surface area (Å²) in [7, 11) is 0. The van der Waals surface area contributed by atoms with E-state index in [0.29, 0.717) is 0 Å². The molecule has 0 aliphatic carbocycles. The SMILES string of the molecule is O=C(O)C=Cc1cc(F)c(OCc2ccc(Br)s2)c(F)c1. The minimum absolute atomic E-state index is 0.0500. The van der Waals surface area contributed by atoms with Gasteiger partial charge in [-0.25, -0.2) is 13.6 Å². The summed E-state index contributed by atoms with van der Waals surface area (Å²) in [4.78, 5) is 11.2. The molecule has 0 spiro atoms. The monoisotopic (exact) mass is 374 g/mol. The summed E-state index contributed by atoms with van der Waals surface area (Å²) in [5.74, 6) is -3.43. The van der Waals surface area contributed by atoms with Crippen molar-refractivity contribution in [1.29, 1.82) is 0 Å². The zero-order valence-electron chi connectivity index (χ0n) is 10.5. The van der Waals surface area contributed by atoms with Crippen LogP contribution in [-0.2, 0) is 11.4 Å². The van der Waals surface area contributed by atoms with Gasteiger partial charge in [0.05, 0.1) is 3.79 Å². The number of ether oxygens (including phenoxy) is 1. The molecule has 0 aliphatic heterocycles. The molecule has 0 atom stereocenters. The van der Waals surface area contributed by atoms with E-state index in [2.05, 4.69) is 15.9 Å². The van der Waals surface area contributed by atoms with Crippen LogP contribution in [0.25, 0.3) is 6.08 Å². The minimum atomic E-state index is -1.19. The molecule has 1 heterocycles. The fourth-order valence-corrected chi connectivity index (χ4v) is 2.95. The maximum absolute atomic E-state index is 13.8. The molecule has 0 fully saturated rings. The van der Waals surface area contributed by atoms with Gasteiger partial charge in [0, 0.05) is 11.0 Å². The number of benzene rings is 1. The number of carbonyl (C=O) groups is 1. The van der Waals surface area contributed by atoms with Crippen LogP contribution in [0.2, 0.25) is 0 Å². The van der Waals surface area contributed by atoms with Gasteiger partial charge >= 0.3 is 5.97 Å². The molecule has 0 saturated heterocycles. The van der Waals surface area contributed by atoms with Crippen molar-refractivity contribution in [2.75, 3.05) is 0 Å². The topological polar surface area (TPSA) is 46.5 Å². The molecule has 0 bridgehead atoms. The van der Waals surface area contributed by atoms with Gasteiger partial charge in [0.2, 0.25) is 0 Å². The first-order valence-corrected chi connectivity index (χ1v) is 7.33. The van der Waals surface area contributed by atoms with E-state index in [1.807, 2.05) is 6.07 Å². The lowest BCUT2D eigenvalue weighted by atomic mass is 10.2. The molecule has 1 N–H and O–H groups in total. The van der Waals surface area contributed by atoms with Crippen molar-refractivity contribution < 1.29 is 23.4 Å². The van der Waals surface area contributed by atoms with Gasteiger partial charge < -0.3 is 9.84 Å². The number of hydrogen-bond acceptors (Lipinski definition) is 3. The summed E-state index contributed by atoms with van der Waals surface area (Å²) in [5, 5.41) is 8.48. The molecule has 0 unspecified atom stereocenters. The summed E-state index contributed by atoms with van der Waals surface area (Å²) in [6.07, 6.45) is 1.91. The molecule has 0 radical (unpaired) electrons. The second-order valence-corrected chi connectivity index (χ2v) is 6.53. The molecule has 0 aliphatic rings. The van der Waals surface area contributed by atoms with E-state index in [4.69, 9.17) is 9.84 Å². The maximum Gasteiger partial charge on any atom is 0.328 e. The highest BCUT2D eigenvalue weighted by atomic mass is 79.9. The number of halogens is 3. The Balaban J connectivity index is 2.15.